The number of nitrogens with zero attached hydrogens (tertiary/aromatic N) is 2. The largest absolute Gasteiger partial charge is 0.279 e. The van der Waals surface area contributed by atoms with Crippen LogP contribution in [-0.4, -0.2) is 26.3 Å². The van der Waals surface area contributed by atoms with Crippen LogP contribution in [0.2, 0.25) is 0 Å². The van der Waals surface area contributed by atoms with Crippen molar-refractivity contribution in [3.8, 4) is 0 Å². The lowest BCUT2D eigenvalue weighted by molar-refractivity contribution is 1.24. The van der Waals surface area contributed by atoms with Crippen LogP contribution in [0.4, 0.5) is 0 Å². The summed E-state index contributed by atoms with van der Waals surface area (Å²) in [4.78, 5) is 7.68. The molecule has 2 nitrogen and oxygen atoms in total. The lowest BCUT2D eigenvalue weighted by atomic mass is 10.8. The number of aromatic nitrogens is 2. The molecule has 0 aliphatic rings. The van der Waals surface area contributed by atoms with E-state index in [9.17, 15) is 0 Å². The maximum Gasteiger partial charge on any atom is 0.212 e. The third-order valence-electron chi connectivity index (χ3n) is 0.583. The van der Waals surface area contributed by atoms with Gasteiger partial charge in [-0.25, -0.2) is 0 Å². The van der Waals surface area contributed by atoms with Gasteiger partial charge in [-0.1, -0.05) is 0 Å². The fourth-order valence-electron chi connectivity index (χ4n) is 0.311. The lowest BCUT2D eigenvalue weighted by Crippen LogP contribution is -2.06. The van der Waals surface area contributed by atoms with Crippen molar-refractivity contribution < 1.29 is 0 Å². The fourth-order valence-corrected chi connectivity index (χ4v) is 0.483. The highest BCUT2D eigenvalue weighted by molar-refractivity contribution is 6.30. The second kappa shape index (κ2) is 2.06. The van der Waals surface area contributed by atoms with E-state index in [0.29, 0.717) is 0 Å². The summed E-state index contributed by atoms with van der Waals surface area (Å²) in [6, 6.07) is 0. The van der Waals surface area contributed by atoms with Crippen molar-refractivity contribution in [1.29, 1.82) is 0 Å². The molecule has 0 amide bonds. The van der Waals surface area contributed by atoms with Crippen LogP contribution in [0, 0.1) is 0 Å². The Hall–Kier alpha value is -0.388. The van der Waals surface area contributed by atoms with Crippen molar-refractivity contribution in [3.63, 3.8) is 0 Å². The lowest BCUT2D eigenvalue weighted by Gasteiger charge is -1.83. The van der Waals surface area contributed by atoms with E-state index in [-0.39, 0.29) is 0 Å². The van der Waals surface area contributed by atoms with E-state index >= 15 is 0 Å². The van der Waals surface area contributed by atoms with E-state index in [0.717, 1.165) is 4.56 Å². The van der Waals surface area contributed by atoms with Gasteiger partial charge in [-0.05, 0) is 4.56 Å². The summed E-state index contributed by atoms with van der Waals surface area (Å²) in [5.74, 6) is 0. The molecule has 0 unspecified atom stereocenters. The molecule has 1 aromatic rings. The van der Waals surface area contributed by atoms with E-state index in [2.05, 4.69) is 26.3 Å². The number of hydrogen-bond donors (Lipinski definition) is 0. The monoisotopic (exact) mass is 106 g/mol. The molecule has 1 rings (SSSR count). The first-order chi connectivity index (χ1) is 3.39. The molecule has 3 heteroatoms. The maximum absolute atomic E-state index is 3.88. The highest BCUT2D eigenvalue weighted by atomic mass is 27.0. The predicted octanol–water partition coefficient (Wildman–Crippen LogP) is -0.730. The molecular formula is C4H3AlN2. The molecule has 0 aliphatic heterocycles. The van der Waals surface area contributed by atoms with Gasteiger partial charge in [0.25, 0.3) is 0 Å². The molecule has 0 saturated heterocycles. The van der Waals surface area contributed by atoms with Crippen LogP contribution >= 0.6 is 0 Å². The molecule has 0 N–H and O–H groups in total. The summed E-state index contributed by atoms with van der Waals surface area (Å²) in [6.07, 6.45) is 4.99. The first-order valence-electron chi connectivity index (χ1n) is 1.91. The Morgan fingerprint density at radius 1 is 1.43 bits per heavy atom. The van der Waals surface area contributed by atoms with E-state index in [4.69, 9.17) is 0 Å². The van der Waals surface area contributed by atoms with Crippen LogP contribution in [0.1, 0.15) is 0 Å². The van der Waals surface area contributed by atoms with E-state index in [1.807, 2.05) is 0 Å². The Labute approximate surface area is 50.0 Å². The summed E-state index contributed by atoms with van der Waals surface area (Å²) in [5, 5.41) is 0. The third-order valence-corrected chi connectivity index (χ3v) is 0.881. The number of hydrogen-bond acceptors (Lipinski definition) is 2. The van der Waals surface area contributed by atoms with Crippen molar-refractivity contribution in [1.82, 2.24) is 9.97 Å². The number of rotatable bonds is 0. The van der Waals surface area contributed by atoms with Crippen molar-refractivity contribution in [2.45, 2.75) is 0 Å². The van der Waals surface area contributed by atoms with Crippen molar-refractivity contribution in [2.24, 2.45) is 0 Å². The second-order valence-corrected chi connectivity index (χ2v) is 1.72. The zero-order valence-corrected chi connectivity index (χ0v) is 4.86. The van der Waals surface area contributed by atoms with Gasteiger partial charge in [0, 0.05) is 18.6 Å². The highest BCUT2D eigenvalue weighted by Gasteiger charge is 1.73. The second-order valence-electron chi connectivity index (χ2n) is 1.13. The Kier molecular flexibility index (Phi) is 1.40. The minimum Gasteiger partial charge on any atom is -0.279 e. The molecular weight excluding hydrogens is 103 g/mol. The summed E-state index contributed by atoms with van der Waals surface area (Å²) in [5.41, 5.74) is 0. The van der Waals surface area contributed by atoms with Crippen LogP contribution in [0.25, 0.3) is 0 Å². The molecule has 0 spiro atoms. The van der Waals surface area contributed by atoms with Crippen molar-refractivity contribution in [2.75, 3.05) is 0 Å². The van der Waals surface area contributed by atoms with Crippen molar-refractivity contribution >= 4 is 20.8 Å². The summed E-state index contributed by atoms with van der Waals surface area (Å²) in [6.45, 7) is 0. The van der Waals surface area contributed by atoms with Crippen LogP contribution in [0.5, 0.6) is 0 Å². The van der Waals surface area contributed by atoms with Gasteiger partial charge in [-0.3, -0.25) is 9.97 Å². The Bertz CT molecular complexity index is 140. The van der Waals surface area contributed by atoms with Gasteiger partial charge < -0.3 is 0 Å². The smallest absolute Gasteiger partial charge is 0.212 e. The Balaban J connectivity index is 3.02. The minimum absolute atomic E-state index is 0.877. The van der Waals surface area contributed by atoms with Crippen LogP contribution in [0.15, 0.2) is 18.6 Å². The van der Waals surface area contributed by atoms with Crippen LogP contribution in [-0.2, 0) is 0 Å². The average molecular weight is 106 g/mol. The fraction of sp³-hybridized carbons (Fsp3) is 0. The normalized spacial score (nSPS) is 8.57. The molecule has 2 radical (unpaired) electrons. The Morgan fingerprint density at radius 3 is 2.57 bits per heavy atom. The van der Waals surface area contributed by atoms with Gasteiger partial charge in [0.05, 0.1) is 0 Å². The third kappa shape index (κ3) is 1.26. The van der Waals surface area contributed by atoms with E-state index < -0.39 is 0 Å². The molecule has 1 aromatic heterocycles. The molecule has 0 fully saturated rings. The zero-order valence-electron chi connectivity index (χ0n) is 3.70. The summed E-state index contributed by atoms with van der Waals surface area (Å²) < 4.78 is 0.877. The van der Waals surface area contributed by atoms with Gasteiger partial charge in [0.2, 0.25) is 16.3 Å². The predicted molar refractivity (Wildman–Crippen MR) is 27.4 cm³/mol. The molecule has 32 valence electrons. The topological polar surface area (TPSA) is 25.8 Å². The van der Waals surface area contributed by atoms with Crippen molar-refractivity contribution in [3.05, 3.63) is 18.6 Å². The standard InChI is InChI=1S/C4H3N2.Al/c1-2-6-4-3-5-1;/h1-3H;. The highest BCUT2D eigenvalue weighted by Crippen LogP contribution is 1.62. The van der Waals surface area contributed by atoms with Gasteiger partial charge >= 0.3 is 0 Å². The molecule has 0 saturated carbocycles. The Morgan fingerprint density at radius 2 is 2.29 bits per heavy atom. The average Bonchev–Trinajstić information content (AvgIpc) is 1.69. The SMILES string of the molecule is [Al][c]1cnccn1. The molecule has 0 atom stereocenters. The minimum atomic E-state index is 0.877. The maximum atomic E-state index is 3.88. The summed E-state index contributed by atoms with van der Waals surface area (Å²) >= 11 is 2.46. The molecule has 0 aliphatic carbocycles. The molecule has 7 heavy (non-hydrogen) atoms. The molecule has 0 bridgehead atoms. The van der Waals surface area contributed by atoms with Crippen LogP contribution < -0.4 is 4.56 Å². The van der Waals surface area contributed by atoms with E-state index in [1.54, 1.807) is 18.6 Å². The quantitative estimate of drug-likeness (QED) is 0.407. The van der Waals surface area contributed by atoms with Gasteiger partial charge in [-0.15, -0.1) is 0 Å². The van der Waals surface area contributed by atoms with E-state index in [1.165, 1.54) is 0 Å². The van der Waals surface area contributed by atoms with Gasteiger partial charge in [-0.2, -0.15) is 0 Å². The van der Waals surface area contributed by atoms with Crippen LogP contribution in [0.3, 0.4) is 0 Å². The summed E-state index contributed by atoms with van der Waals surface area (Å²) in [7, 11) is 0. The van der Waals surface area contributed by atoms with Gasteiger partial charge in [0.1, 0.15) is 0 Å². The first kappa shape index (κ1) is 4.76. The first-order valence-corrected chi connectivity index (χ1v) is 2.49. The molecule has 1 heterocycles. The molecule has 0 aromatic carbocycles. The zero-order chi connectivity index (χ0) is 5.11. The van der Waals surface area contributed by atoms with Gasteiger partial charge in [0.15, 0.2) is 0 Å².